The Bertz CT molecular complexity index is 932. The van der Waals surface area contributed by atoms with Crippen LogP contribution >= 0.6 is 23.1 Å². The molecule has 0 saturated heterocycles. The first-order valence-electron chi connectivity index (χ1n) is 8.20. The van der Waals surface area contributed by atoms with Crippen molar-refractivity contribution in [3.8, 4) is 0 Å². The van der Waals surface area contributed by atoms with Gasteiger partial charge in [-0.1, -0.05) is 18.7 Å². The van der Waals surface area contributed by atoms with Crippen molar-refractivity contribution in [3.05, 3.63) is 40.4 Å². The fourth-order valence-corrected chi connectivity index (χ4v) is 5.50. The number of furan rings is 1. The van der Waals surface area contributed by atoms with Crippen molar-refractivity contribution < 1.29 is 13.9 Å². The number of carbonyl (C=O) groups is 1. The van der Waals surface area contributed by atoms with E-state index in [1.807, 2.05) is 6.07 Å². The van der Waals surface area contributed by atoms with E-state index in [-0.39, 0.29) is 5.76 Å². The Balaban J connectivity index is 1.59. The van der Waals surface area contributed by atoms with E-state index in [9.17, 15) is 4.79 Å². The maximum atomic E-state index is 11.5. The smallest absolute Gasteiger partial charge is 0.373 e. The number of aryl methyl sites for hydroxylation is 1. The van der Waals surface area contributed by atoms with Gasteiger partial charge in [-0.15, -0.1) is 11.3 Å². The molecule has 3 aromatic rings. The van der Waals surface area contributed by atoms with E-state index in [1.54, 1.807) is 35.5 Å². The molecule has 25 heavy (non-hydrogen) atoms. The summed E-state index contributed by atoms with van der Waals surface area (Å²) in [5.41, 5.74) is 1.43. The predicted molar refractivity (Wildman–Crippen MR) is 98.2 cm³/mol. The van der Waals surface area contributed by atoms with E-state index < -0.39 is 5.97 Å². The third kappa shape index (κ3) is 3.18. The number of esters is 1. The monoisotopic (exact) mass is 374 g/mol. The number of fused-ring (bicyclic) bond motifs is 3. The van der Waals surface area contributed by atoms with Gasteiger partial charge < -0.3 is 9.15 Å². The van der Waals surface area contributed by atoms with Gasteiger partial charge in [-0.2, -0.15) is 0 Å². The molecule has 0 aromatic carbocycles. The van der Waals surface area contributed by atoms with Crippen molar-refractivity contribution in [3.63, 3.8) is 0 Å². The highest BCUT2D eigenvalue weighted by atomic mass is 32.2. The lowest BCUT2D eigenvalue weighted by Crippen LogP contribution is -2.08. The van der Waals surface area contributed by atoms with Gasteiger partial charge in [-0.05, 0) is 42.9 Å². The molecule has 0 spiro atoms. The summed E-state index contributed by atoms with van der Waals surface area (Å²) in [6.07, 6.45) is 5.10. The maximum Gasteiger partial charge on any atom is 0.373 e. The topological polar surface area (TPSA) is 65.2 Å². The molecule has 1 atom stereocenters. The van der Waals surface area contributed by atoms with Crippen molar-refractivity contribution in [1.29, 1.82) is 0 Å². The van der Waals surface area contributed by atoms with Crippen LogP contribution in [0.4, 0.5) is 0 Å². The number of ether oxygens (including phenoxy) is 1. The molecule has 0 radical (unpaired) electrons. The Morgan fingerprint density at radius 3 is 3.16 bits per heavy atom. The largest absolute Gasteiger partial charge is 0.463 e. The summed E-state index contributed by atoms with van der Waals surface area (Å²) >= 11 is 3.42. The number of thiophene rings is 1. The minimum atomic E-state index is -0.457. The molecule has 0 fully saturated rings. The number of methoxy groups -OCH3 is 1. The molecular formula is C18H18N2O3S2. The second-order valence-electron chi connectivity index (χ2n) is 6.26. The van der Waals surface area contributed by atoms with Gasteiger partial charge in [0.2, 0.25) is 5.76 Å². The summed E-state index contributed by atoms with van der Waals surface area (Å²) in [5.74, 6) is 1.86. The summed E-state index contributed by atoms with van der Waals surface area (Å²) < 4.78 is 10.2. The maximum absolute atomic E-state index is 11.5. The van der Waals surface area contributed by atoms with Crippen LogP contribution in [-0.2, 0) is 23.3 Å². The first kappa shape index (κ1) is 16.6. The van der Waals surface area contributed by atoms with Crippen molar-refractivity contribution in [1.82, 2.24) is 9.97 Å². The molecule has 7 heteroatoms. The van der Waals surface area contributed by atoms with E-state index >= 15 is 0 Å². The third-order valence-electron chi connectivity index (χ3n) is 4.46. The van der Waals surface area contributed by atoms with Crippen LogP contribution in [0.25, 0.3) is 10.2 Å². The van der Waals surface area contributed by atoms with E-state index in [1.165, 1.54) is 29.4 Å². The zero-order valence-electron chi connectivity index (χ0n) is 14.1. The number of hydrogen-bond acceptors (Lipinski definition) is 7. The first-order valence-corrected chi connectivity index (χ1v) is 10.0. The van der Waals surface area contributed by atoms with Crippen LogP contribution in [0.15, 0.2) is 27.9 Å². The Hall–Kier alpha value is -1.86. The second-order valence-corrected chi connectivity index (χ2v) is 8.30. The summed E-state index contributed by atoms with van der Waals surface area (Å²) in [5, 5.41) is 2.20. The number of rotatable bonds is 4. The molecule has 3 aromatic heterocycles. The Kier molecular flexibility index (Phi) is 4.52. The number of nitrogens with zero attached hydrogens (tertiary/aromatic N) is 2. The van der Waals surface area contributed by atoms with Gasteiger partial charge in [0, 0.05) is 10.3 Å². The van der Waals surface area contributed by atoms with Crippen LogP contribution in [0.3, 0.4) is 0 Å². The molecule has 0 unspecified atom stereocenters. The number of hydrogen-bond donors (Lipinski definition) is 0. The number of aromatic nitrogens is 2. The van der Waals surface area contributed by atoms with Crippen LogP contribution in [-0.4, -0.2) is 23.0 Å². The standard InChI is InChI=1S/C18H18N2O3S2/c1-10-3-5-12-14(7-10)25-17-15(12)16(19-9-20-17)24-8-11-4-6-13(23-11)18(21)22-2/h4,6,9-10H,3,5,7-8H2,1-2H3/t10-/m0/s1. The van der Waals surface area contributed by atoms with Crippen LogP contribution in [0.2, 0.25) is 0 Å². The van der Waals surface area contributed by atoms with Crippen molar-refractivity contribution in [2.45, 2.75) is 37.0 Å². The normalized spacial score (nSPS) is 16.8. The van der Waals surface area contributed by atoms with Crippen molar-refractivity contribution in [2.75, 3.05) is 7.11 Å². The molecule has 0 saturated carbocycles. The molecule has 1 aliphatic rings. The van der Waals surface area contributed by atoms with Crippen LogP contribution in [0.1, 0.15) is 40.1 Å². The zero-order valence-corrected chi connectivity index (χ0v) is 15.7. The van der Waals surface area contributed by atoms with Crippen LogP contribution in [0.5, 0.6) is 0 Å². The second kappa shape index (κ2) is 6.80. The average molecular weight is 374 g/mol. The Morgan fingerprint density at radius 2 is 2.32 bits per heavy atom. The Morgan fingerprint density at radius 1 is 1.44 bits per heavy atom. The quantitative estimate of drug-likeness (QED) is 0.381. The fourth-order valence-electron chi connectivity index (χ4n) is 3.16. The van der Waals surface area contributed by atoms with Gasteiger partial charge in [0.05, 0.1) is 12.9 Å². The molecule has 0 bridgehead atoms. The Labute approximate surface area is 153 Å². The molecular weight excluding hydrogens is 356 g/mol. The van der Waals surface area contributed by atoms with Gasteiger partial charge in [-0.3, -0.25) is 0 Å². The highest BCUT2D eigenvalue weighted by molar-refractivity contribution is 7.98. The lowest BCUT2D eigenvalue weighted by molar-refractivity contribution is 0.0563. The average Bonchev–Trinajstić information content (AvgIpc) is 3.23. The summed E-state index contributed by atoms with van der Waals surface area (Å²) in [7, 11) is 1.34. The lowest BCUT2D eigenvalue weighted by Gasteiger charge is -2.18. The summed E-state index contributed by atoms with van der Waals surface area (Å²) in [6, 6.07) is 3.45. The highest BCUT2D eigenvalue weighted by Crippen LogP contribution is 2.41. The van der Waals surface area contributed by atoms with Gasteiger partial charge in [0.15, 0.2) is 0 Å². The lowest BCUT2D eigenvalue weighted by atomic mass is 9.89. The first-order chi connectivity index (χ1) is 12.2. The minimum absolute atomic E-state index is 0.229. The third-order valence-corrected chi connectivity index (χ3v) is 6.63. The van der Waals surface area contributed by atoms with Gasteiger partial charge in [0.25, 0.3) is 0 Å². The SMILES string of the molecule is COC(=O)c1ccc(CSc2ncnc3sc4c(c23)CC[C@H](C)C4)o1. The van der Waals surface area contributed by atoms with Crippen LogP contribution < -0.4 is 0 Å². The van der Waals surface area contributed by atoms with E-state index in [0.717, 1.165) is 34.4 Å². The summed E-state index contributed by atoms with van der Waals surface area (Å²) in [4.78, 5) is 23.0. The molecule has 4 rings (SSSR count). The van der Waals surface area contributed by atoms with Gasteiger partial charge in [-0.25, -0.2) is 14.8 Å². The molecule has 130 valence electrons. The van der Waals surface area contributed by atoms with Crippen LogP contribution in [0, 0.1) is 5.92 Å². The molecule has 0 amide bonds. The highest BCUT2D eigenvalue weighted by Gasteiger charge is 2.23. The molecule has 5 nitrogen and oxygen atoms in total. The fraction of sp³-hybridized carbons (Fsp3) is 0.389. The summed E-state index contributed by atoms with van der Waals surface area (Å²) in [6.45, 7) is 2.31. The van der Waals surface area contributed by atoms with E-state index in [4.69, 9.17) is 4.42 Å². The van der Waals surface area contributed by atoms with E-state index in [0.29, 0.717) is 5.75 Å². The van der Waals surface area contributed by atoms with E-state index in [2.05, 4.69) is 21.6 Å². The van der Waals surface area contributed by atoms with Gasteiger partial charge >= 0.3 is 5.97 Å². The number of carbonyl (C=O) groups excluding carboxylic acids is 1. The number of thioether (sulfide) groups is 1. The van der Waals surface area contributed by atoms with Crippen molar-refractivity contribution >= 4 is 39.3 Å². The zero-order chi connectivity index (χ0) is 17.4. The predicted octanol–water partition coefficient (Wildman–Crippen LogP) is 4.49. The van der Waals surface area contributed by atoms with Gasteiger partial charge in [0.1, 0.15) is 21.9 Å². The molecule has 0 aliphatic heterocycles. The molecule has 3 heterocycles. The molecule has 1 aliphatic carbocycles. The minimum Gasteiger partial charge on any atom is -0.463 e. The molecule has 0 N–H and O–H groups in total. The van der Waals surface area contributed by atoms with Crippen molar-refractivity contribution in [2.24, 2.45) is 5.92 Å².